The number of nitrogens with one attached hydrogen (secondary N) is 1. The first-order chi connectivity index (χ1) is 8.97. The summed E-state index contributed by atoms with van der Waals surface area (Å²) in [5.41, 5.74) is 2.61. The summed E-state index contributed by atoms with van der Waals surface area (Å²) in [6.07, 6.45) is -1.53. The molecule has 1 fully saturated rings. The predicted octanol–water partition coefficient (Wildman–Crippen LogP) is 2.48. The minimum Gasteiger partial charge on any atom is -0.378 e. The van der Waals surface area contributed by atoms with E-state index in [4.69, 9.17) is 10.6 Å². The van der Waals surface area contributed by atoms with E-state index in [-0.39, 0.29) is 18.1 Å². The molecule has 3 unspecified atom stereocenters. The Kier molecular flexibility index (Phi) is 4.44. The molecule has 3 N–H and O–H groups in total. The quantitative estimate of drug-likeness (QED) is 0.662. The van der Waals surface area contributed by atoms with Crippen LogP contribution in [0.3, 0.4) is 0 Å². The Bertz CT molecular complexity index is 424. The van der Waals surface area contributed by atoms with E-state index >= 15 is 0 Å². The molecule has 19 heavy (non-hydrogen) atoms. The Labute approximate surface area is 113 Å². The second kappa shape index (κ2) is 5.74. The number of ether oxygens (including phenoxy) is 1. The molecule has 1 aliphatic rings. The first-order valence-electron chi connectivity index (χ1n) is 6.08. The van der Waals surface area contributed by atoms with E-state index in [2.05, 4.69) is 10.4 Å². The van der Waals surface area contributed by atoms with Gasteiger partial charge in [-0.05, 0) is 12.8 Å². The number of hydrazine groups is 1. The van der Waals surface area contributed by atoms with Crippen molar-refractivity contribution in [1.82, 2.24) is 10.4 Å². The zero-order chi connectivity index (χ0) is 14.0. The van der Waals surface area contributed by atoms with Crippen LogP contribution >= 0.6 is 11.3 Å². The highest BCUT2D eigenvalue weighted by Gasteiger charge is 2.38. The van der Waals surface area contributed by atoms with Crippen LogP contribution in [-0.4, -0.2) is 17.7 Å². The number of hydrogen-bond donors (Lipinski definition) is 2. The van der Waals surface area contributed by atoms with E-state index in [9.17, 15) is 13.2 Å². The molecule has 2 heterocycles. The van der Waals surface area contributed by atoms with Gasteiger partial charge in [0.25, 0.3) is 0 Å². The molecule has 0 aliphatic carbocycles. The van der Waals surface area contributed by atoms with Crippen LogP contribution in [0.4, 0.5) is 13.2 Å². The molecular formula is C11H16F3N3OS. The molecule has 108 valence electrons. The summed E-state index contributed by atoms with van der Waals surface area (Å²) < 4.78 is 43.2. The fourth-order valence-corrected chi connectivity index (χ4v) is 3.36. The smallest absolute Gasteiger partial charge is 0.378 e. The Morgan fingerprint density at radius 3 is 2.89 bits per heavy atom. The third-order valence-electron chi connectivity index (χ3n) is 3.34. The monoisotopic (exact) mass is 295 g/mol. The number of nitrogens with two attached hydrogens (primary N) is 1. The van der Waals surface area contributed by atoms with Crippen LogP contribution in [-0.2, 0) is 10.9 Å². The largest absolute Gasteiger partial charge is 0.443 e. The van der Waals surface area contributed by atoms with Crippen molar-refractivity contribution in [3.8, 4) is 0 Å². The number of rotatable bonds is 4. The van der Waals surface area contributed by atoms with Crippen LogP contribution in [0.25, 0.3) is 0 Å². The van der Waals surface area contributed by atoms with E-state index < -0.39 is 11.2 Å². The van der Waals surface area contributed by atoms with Gasteiger partial charge in [0.1, 0.15) is 0 Å². The Morgan fingerprint density at radius 2 is 2.37 bits per heavy atom. The Morgan fingerprint density at radius 1 is 1.63 bits per heavy atom. The molecule has 0 bridgehead atoms. The fraction of sp³-hybridized carbons (Fsp3) is 0.727. The molecule has 0 saturated carbocycles. The number of alkyl halides is 3. The summed E-state index contributed by atoms with van der Waals surface area (Å²) in [5, 5.41) is -0.838. The minimum absolute atomic E-state index is 0.0255. The SMILES string of the molecule is CCC1OCCC1C(NN)c1cnc(C(F)(F)F)s1. The van der Waals surface area contributed by atoms with E-state index in [1.165, 1.54) is 6.20 Å². The van der Waals surface area contributed by atoms with Crippen LogP contribution in [0.2, 0.25) is 0 Å². The summed E-state index contributed by atoms with van der Waals surface area (Å²) in [6, 6.07) is -0.346. The number of hydrogen-bond acceptors (Lipinski definition) is 5. The molecule has 0 aromatic carbocycles. The van der Waals surface area contributed by atoms with Gasteiger partial charge in [0.15, 0.2) is 5.01 Å². The van der Waals surface area contributed by atoms with Crippen LogP contribution in [0.5, 0.6) is 0 Å². The lowest BCUT2D eigenvalue weighted by atomic mass is 9.91. The summed E-state index contributed by atoms with van der Waals surface area (Å²) in [4.78, 5) is 3.94. The minimum atomic E-state index is -4.40. The zero-order valence-electron chi connectivity index (χ0n) is 10.4. The highest BCUT2D eigenvalue weighted by atomic mass is 32.1. The van der Waals surface area contributed by atoms with Gasteiger partial charge in [-0.3, -0.25) is 11.3 Å². The first-order valence-corrected chi connectivity index (χ1v) is 6.89. The predicted molar refractivity (Wildman–Crippen MR) is 65.3 cm³/mol. The van der Waals surface area contributed by atoms with Crippen LogP contribution in [0.1, 0.15) is 35.7 Å². The van der Waals surface area contributed by atoms with Crippen LogP contribution in [0, 0.1) is 5.92 Å². The molecule has 1 aliphatic heterocycles. The zero-order valence-corrected chi connectivity index (χ0v) is 11.2. The second-order valence-corrected chi connectivity index (χ2v) is 5.54. The van der Waals surface area contributed by atoms with Crippen LogP contribution in [0.15, 0.2) is 6.20 Å². The number of halogens is 3. The van der Waals surface area contributed by atoms with Crippen molar-refractivity contribution in [2.75, 3.05) is 6.61 Å². The van der Waals surface area contributed by atoms with Gasteiger partial charge >= 0.3 is 6.18 Å². The molecule has 8 heteroatoms. The Balaban J connectivity index is 2.20. The Hall–Kier alpha value is -0.700. The first kappa shape index (κ1) is 14.7. The van der Waals surface area contributed by atoms with Crippen molar-refractivity contribution in [1.29, 1.82) is 0 Å². The lowest BCUT2D eigenvalue weighted by Crippen LogP contribution is -2.36. The van der Waals surface area contributed by atoms with Gasteiger partial charge in [-0.15, -0.1) is 11.3 Å². The molecule has 1 aromatic rings. The maximum atomic E-state index is 12.6. The van der Waals surface area contributed by atoms with E-state index in [1.54, 1.807) is 0 Å². The summed E-state index contributed by atoms with van der Waals surface area (Å²) in [7, 11) is 0. The molecule has 1 aromatic heterocycles. The van der Waals surface area contributed by atoms with E-state index in [0.717, 1.165) is 12.8 Å². The lowest BCUT2D eigenvalue weighted by Gasteiger charge is -2.25. The number of thiazole rings is 1. The van der Waals surface area contributed by atoms with Crippen molar-refractivity contribution in [3.63, 3.8) is 0 Å². The van der Waals surface area contributed by atoms with Crippen LogP contribution < -0.4 is 11.3 Å². The molecule has 0 radical (unpaired) electrons. The molecule has 4 nitrogen and oxygen atoms in total. The average Bonchev–Trinajstić information content (AvgIpc) is 2.97. The van der Waals surface area contributed by atoms with E-state index in [1.807, 2.05) is 6.92 Å². The summed E-state index contributed by atoms with van der Waals surface area (Å²) in [6.45, 7) is 2.61. The van der Waals surface area contributed by atoms with Crippen molar-refractivity contribution >= 4 is 11.3 Å². The summed E-state index contributed by atoms with van der Waals surface area (Å²) >= 11 is 0.638. The maximum Gasteiger partial charge on any atom is 0.443 e. The fourth-order valence-electron chi connectivity index (χ4n) is 2.45. The third kappa shape index (κ3) is 3.07. The van der Waals surface area contributed by atoms with Gasteiger partial charge in [0.05, 0.1) is 12.1 Å². The molecule has 3 atom stereocenters. The van der Waals surface area contributed by atoms with Gasteiger partial charge in [-0.25, -0.2) is 4.98 Å². The van der Waals surface area contributed by atoms with Crippen molar-refractivity contribution in [3.05, 3.63) is 16.1 Å². The van der Waals surface area contributed by atoms with Gasteiger partial charge in [-0.1, -0.05) is 6.92 Å². The normalized spacial score (nSPS) is 25.7. The molecule has 0 amide bonds. The molecule has 1 saturated heterocycles. The molecule has 0 spiro atoms. The molecule has 2 rings (SSSR count). The standard InChI is InChI=1S/C11H16F3N3OS/c1-2-7-6(3-4-18-7)9(17-15)8-5-16-10(19-8)11(12,13)14/h5-7,9,17H,2-4,15H2,1H3. The van der Waals surface area contributed by atoms with Crippen molar-refractivity contribution < 1.29 is 17.9 Å². The van der Waals surface area contributed by atoms with Crippen molar-refractivity contribution in [2.45, 2.75) is 38.1 Å². The van der Waals surface area contributed by atoms with Gasteiger partial charge in [-0.2, -0.15) is 13.2 Å². The van der Waals surface area contributed by atoms with Gasteiger partial charge in [0.2, 0.25) is 0 Å². The maximum absolute atomic E-state index is 12.6. The highest BCUT2D eigenvalue weighted by molar-refractivity contribution is 7.11. The molecular weight excluding hydrogens is 279 g/mol. The lowest BCUT2D eigenvalue weighted by molar-refractivity contribution is -0.137. The summed E-state index contributed by atoms with van der Waals surface area (Å²) in [5.74, 6) is 5.59. The van der Waals surface area contributed by atoms with Crippen molar-refractivity contribution in [2.24, 2.45) is 11.8 Å². The number of nitrogens with zero attached hydrogens (tertiary/aromatic N) is 1. The van der Waals surface area contributed by atoms with Gasteiger partial charge < -0.3 is 4.74 Å². The topological polar surface area (TPSA) is 60.2 Å². The van der Waals surface area contributed by atoms with E-state index in [0.29, 0.717) is 22.8 Å². The second-order valence-electron chi connectivity index (χ2n) is 4.48. The number of aromatic nitrogens is 1. The van der Waals surface area contributed by atoms with Gasteiger partial charge in [0, 0.05) is 23.6 Å². The third-order valence-corrected chi connectivity index (χ3v) is 4.47. The average molecular weight is 295 g/mol. The highest BCUT2D eigenvalue weighted by Crippen LogP contribution is 2.39.